The maximum Gasteiger partial charge on any atom is 0.0812 e. The molecule has 2 nitrogen and oxygen atoms in total. The Morgan fingerprint density at radius 1 is 1.14 bits per heavy atom. The molecule has 114 valence electrons. The molecule has 0 bridgehead atoms. The van der Waals surface area contributed by atoms with E-state index in [4.69, 9.17) is 0 Å². The van der Waals surface area contributed by atoms with Gasteiger partial charge in [0.1, 0.15) is 0 Å². The van der Waals surface area contributed by atoms with Crippen LogP contribution in [0.1, 0.15) is 43.4 Å². The van der Waals surface area contributed by atoms with E-state index in [2.05, 4.69) is 81.2 Å². The van der Waals surface area contributed by atoms with Crippen LogP contribution in [-0.2, 0) is 5.54 Å². The molecule has 2 aromatic rings. The monoisotopic (exact) mass is 292 g/mol. The van der Waals surface area contributed by atoms with Crippen molar-refractivity contribution in [2.45, 2.75) is 39.2 Å². The molecular formula is C20H24N2. The van der Waals surface area contributed by atoms with Crippen LogP contribution in [0.15, 0.2) is 36.7 Å². The van der Waals surface area contributed by atoms with Gasteiger partial charge in [0.2, 0.25) is 0 Å². The molecule has 1 aromatic heterocycles. The molecule has 0 amide bonds. The van der Waals surface area contributed by atoms with E-state index in [1.54, 1.807) is 0 Å². The summed E-state index contributed by atoms with van der Waals surface area (Å²) in [6.45, 7) is 8.90. The number of benzene rings is 1. The minimum absolute atomic E-state index is 0.143. The van der Waals surface area contributed by atoms with Crippen LogP contribution in [0.4, 0.5) is 0 Å². The lowest BCUT2D eigenvalue weighted by Crippen LogP contribution is -2.47. The van der Waals surface area contributed by atoms with E-state index in [1.165, 1.54) is 27.1 Å². The fourth-order valence-electron chi connectivity index (χ4n) is 3.37. The zero-order chi connectivity index (χ0) is 15.9. The van der Waals surface area contributed by atoms with Gasteiger partial charge in [0.05, 0.1) is 5.54 Å². The Morgan fingerprint density at radius 2 is 1.86 bits per heavy atom. The van der Waals surface area contributed by atoms with Gasteiger partial charge in [-0.25, -0.2) is 0 Å². The average molecular weight is 292 g/mol. The first kappa shape index (κ1) is 14.8. The largest absolute Gasteiger partial charge is 0.367 e. The van der Waals surface area contributed by atoms with Gasteiger partial charge >= 0.3 is 0 Å². The highest BCUT2D eigenvalue weighted by Gasteiger charge is 2.30. The quantitative estimate of drug-likeness (QED) is 0.846. The van der Waals surface area contributed by atoms with Gasteiger partial charge in [0.25, 0.3) is 0 Å². The summed E-state index contributed by atoms with van der Waals surface area (Å²) in [5.41, 5.74) is 3.83. The highest BCUT2D eigenvalue weighted by atomic mass is 15.2. The van der Waals surface area contributed by atoms with Gasteiger partial charge in [0.15, 0.2) is 0 Å². The van der Waals surface area contributed by atoms with Crippen LogP contribution in [0.25, 0.3) is 12.3 Å². The van der Waals surface area contributed by atoms with Crippen molar-refractivity contribution in [1.82, 2.24) is 9.88 Å². The second kappa shape index (κ2) is 5.28. The van der Waals surface area contributed by atoms with Crippen LogP contribution >= 0.6 is 0 Å². The summed E-state index contributed by atoms with van der Waals surface area (Å²) in [5, 5.41) is 2.54. The van der Waals surface area contributed by atoms with Crippen LogP contribution in [0.3, 0.4) is 0 Å². The maximum absolute atomic E-state index is 4.46. The molecule has 0 aliphatic carbocycles. The Bertz CT molecular complexity index is 820. The first-order valence-corrected chi connectivity index (χ1v) is 7.91. The Labute approximate surface area is 132 Å². The highest BCUT2D eigenvalue weighted by molar-refractivity contribution is 5.54. The van der Waals surface area contributed by atoms with Gasteiger partial charge in [-0.05, 0) is 42.5 Å². The van der Waals surface area contributed by atoms with E-state index in [0.717, 1.165) is 0 Å². The molecule has 1 atom stereocenters. The van der Waals surface area contributed by atoms with E-state index in [-0.39, 0.29) is 5.54 Å². The van der Waals surface area contributed by atoms with Crippen LogP contribution in [-0.4, -0.2) is 16.9 Å². The summed E-state index contributed by atoms with van der Waals surface area (Å²) in [5.74, 6) is 0.475. The predicted molar refractivity (Wildman–Crippen MR) is 92.8 cm³/mol. The topological polar surface area (TPSA) is 16.1 Å². The smallest absolute Gasteiger partial charge is 0.0812 e. The molecule has 2 heterocycles. The molecule has 1 aliphatic rings. The van der Waals surface area contributed by atoms with Gasteiger partial charge in [-0.3, -0.25) is 4.98 Å². The van der Waals surface area contributed by atoms with E-state index >= 15 is 0 Å². The third-order valence-corrected chi connectivity index (χ3v) is 4.85. The lowest BCUT2D eigenvalue weighted by molar-refractivity contribution is 0.309. The number of hydrogen-bond donors (Lipinski definition) is 0. The molecule has 0 saturated carbocycles. The minimum Gasteiger partial charge on any atom is -0.367 e. The van der Waals surface area contributed by atoms with Crippen molar-refractivity contribution >= 4 is 12.3 Å². The average Bonchev–Trinajstić information content (AvgIpc) is 2.48. The SMILES string of the molecule is Cc1ccccc1C1(C)C=c2cncc(C(C)C)c2=CN1C. The van der Waals surface area contributed by atoms with Crippen LogP contribution in [0, 0.1) is 6.92 Å². The van der Waals surface area contributed by atoms with E-state index in [0.29, 0.717) is 5.92 Å². The van der Waals surface area contributed by atoms with Crippen LogP contribution in [0.2, 0.25) is 0 Å². The molecule has 1 unspecified atom stereocenters. The maximum atomic E-state index is 4.46. The molecule has 1 aromatic carbocycles. The standard InChI is InChI=1S/C20H24N2/c1-14(2)17-12-21-11-16-10-20(4,22(5)13-18(16)17)19-9-7-6-8-15(19)3/h6-14H,1-5H3. The fourth-order valence-corrected chi connectivity index (χ4v) is 3.37. The second-order valence-electron chi connectivity index (χ2n) is 6.73. The van der Waals surface area contributed by atoms with Crippen molar-refractivity contribution in [1.29, 1.82) is 0 Å². The lowest BCUT2D eigenvalue weighted by atomic mass is 9.84. The van der Waals surface area contributed by atoms with Gasteiger partial charge in [-0.15, -0.1) is 0 Å². The molecule has 0 N–H and O–H groups in total. The van der Waals surface area contributed by atoms with Crippen LogP contribution < -0.4 is 10.4 Å². The van der Waals surface area contributed by atoms with Crippen molar-refractivity contribution in [2.24, 2.45) is 0 Å². The molecule has 3 rings (SSSR count). The van der Waals surface area contributed by atoms with Gasteiger partial charge < -0.3 is 4.90 Å². The third-order valence-electron chi connectivity index (χ3n) is 4.85. The summed E-state index contributed by atoms with van der Waals surface area (Å²) in [4.78, 5) is 6.78. The van der Waals surface area contributed by atoms with E-state index < -0.39 is 0 Å². The van der Waals surface area contributed by atoms with E-state index in [1.807, 2.05) is 12.4 Å². The third kappa shape index (κ3) is 2.23. The van der Waals surface area contributed by atoms with Crippen molar-refractivity contribution in [3.05, 3.63) is 63.8 Å². The molecule has 0 saturated heterocycles. The number of aryl methyl sites for hydroxylation is 1. The summed E-state index contributed by atoms with van der Waals surface area (Å²) in [6, 6.07) is 8.62. The van der Waals surface area contributed by atoms with Crippen molar-refractivity contribution < 1.29 is 0 Å². The lowest BCUT2D eigenvalue weighted by Gasteiger charge is -2.39. The van der Waals surface area contributed by atoms with Gasteiger partial charge in [0, 0.05) is 36.1 Å². The molecule has 2 heteroatoms. The zero-order valence-corrected chi connectivity index (χ0v) is 14.1. The number of pyridine rings is 1. The Balaban J connectivity index is 2.27. The molecule has 22 heavy (non-hydrogen) atoms. The second-order valence-corrected chi connectivity index (χ2v) is 6.73. The van der Waals surface area contributed by atoms with Crippen molar-refractivity contribution in [3.63, 3.8) is 0 Å². The molecule has 1 aliphatic heterocycles. The zero-order valence-electron chi connectivity index (χ0n) is 14.1. The normalized spacial score (nSPS) is 20.4. The van der Waals surface area contributed by atoms with Crippen molar-refractivity contribution in [3.8, 4) is 0 Å². The number of fused-ring (bicyclic) bond motifs is 1. The summed E-state index contributed by atoms with van der Waals surface area (Å²) < 4.78 is 0. The van der Waals surface area contributed by atoms with Crippen molar-refractivity contribution in [2.75, 3.05) is 7.05 Å². The first-order chi connectivity index (χ1) is 10.4. The summed E-state index contributed by atoms with van der Waals surface area (Å²) in [7, 11) is 2.16. The molecule has 0 spiro atoms. The highest BCUT2D eigenvalue weighted by Crippen LogP contribution is 2.32. The van der Waals surface area contributed by atoms with Gasteiger partial charge in [-0.1, -0.05) is 38.1 Å². The predicted octanol–water partition coefficient (Wildman–Crippen LogP) is 2.89. The fraction of sp³-hybridized carbons (Fsp3) is 0.350. The Kier molecular flexibility index (Phi) is 3.56. The summed E-state index contributed by atoms with van der Waals surface area (Å²) >= 11 is 0. The van der Waals surface area contributed by atoms with Gasteiger partial charge in [-0.2, -0.15) is 0 Å². The number of rotatable bonds is 2. The Hall–Kier alpha value is -2.09. The minimum atomic E-state index is -0.143. The summed E-state index contributed by atoms with van der Waals surface area (Å²) in [6.07, 6.45) is 8.61. The number of aromatic nitrogens is 1. The molecular weight excluding hydrogens is 268 g/mol. The first-order valence-electron chi connectivity index (χ1n) is 7.91. The Morgan fingerprint density at radius 3 is 2.55 bits per heavy atom. The van der Waals surface area contributed by atoms with Crippen LogP contribution in [0.5, 0.6) is 0 Å². The number of hydrogen-bond acceptors (Lipinski definition) is 2. The molecule has 0 radical (unpaired) electrons. The van der Waals surface area contributed by atoms with E-state index in [9.17, 15) is 0 Å². The molecule has 0 fully saturated rings. The number of nitrogens with zero attached hydrogens (tertiary/aromatic N) is 2.